The number of carbonyl (C=O) groups excluding carboxylic acids is 7. The Morgan fingerprint density at radius 1 is 0.677 bits per heavy atom. The molecule has 0 saturated heterocycles. The molecule has 0 fully saturated rings. The first-order valence-electron chi connectivity index (χ1n) is 20.0. The van der Waals surface area contributed by atoms with Crippen LogP contribution in [0, 0.1) is 5.41 Å². The van der Waals surface area contributed by atoms with Crippen molar-refractivity contribution < 1.29 is 63.6 Å². The average molecular weight is 911 g/mol. The highest BCUT2D eigenvalue weighted by Crippen LogP contribution is 2.20. The number of hydrogen-bond donors (Lipinski definition) is 16. The SMILES string of the molecule is C[C@H](N)C(=O)N[C@@H](Cc1ccc(O)cc1)C(=O)N[C@@H](CO)C(=O)N[C@@H](Cc1c[nH]c2ccccc12)C(=O)N[C@@H](CC(=O)O)C(=O)N[C@@H](CC(N)=O)C(=O)N[C@@H](CCCNC(=N)N)C(=O)O. The summed E-state index contributed by atoms with van der Waals surface area (Å²) in [5.74, 6) is -11.2. The van der Waals surface area contributed by atoms with E-state index in [0.717, 1.165) is 0 Å². The molecule has 19 N–H and O–H groups in total. The Kier molecular flexibility index (Phi) is 19.6. The van der Waals surface area contributed by atoms with Gasteiger partial charge < -0.3 is 79.8 Å². The summed E-state index contributed by atoms with van der Waals surface area (Å²) >= 11 is 0. The number of benzene rings is 2. The summed E-state index contributed by atoms with van der Waals surface area (Å²) < 4.78 is 0. The Morgan fingerprint density at radius 2 is 1.18 bits per heavy atom. The van der Waals surface area contributed by atoms with Crippen molar-refractivity contribution in [1.82, 2.24) is 42.2 Å². The predicted molar refractivity (Wildman–Crippen MR) is 229 cm³/mol. The number of nitrogens with one attached hydrogen (secondary N) is 9. The zero-order valence-corrected chi connectivity index (χ0v) is 35.1. The van der Waals surface area contributed by atoms with Gasteiger partial charge in [-0.1, -0.05) is 30.3 Å². The van der Waals surface area contributed by atoms with E-state index in [1.54, 1.807) is 24.3 Å². The first kappa shape index (κ1) is 51.5. The molecular formula is C40H54N12O13. The minimum Gasteiger partial charge on any atom is -0.508 e. The molecule has 7 atom stereocenters. The minimum absolute atomic E-state index is 0.0678. The van der Waals surface area contributed by atoms with E-state index in [9.17, 15) is 63.6 Å². The number of primary amides is 1. The number of aromatic nitrogens is 1. The van der Waals surface area contributed by atoms with Crippen molar-refractivity contribution in [2.24, 2.45) is 17.2 Å². The summed E-state index contributed by atoms with van der Waals surface area (Å²) in [6.07, 6.45) is -1.03. The molecule has 0 bridgehead atoms. The summed E-state index contributed by atoms with van der Waals surface area (Å²) in [5, 5.41) is 63.4. The molecule has 0 spiro atoms. The van der Waals surface area contributed by atoms with Crippen LogP contribution in [0.5, 0.6) is 5.75 Å². The average Bonchev–Trinajstić information content (AvgIpc) is 3.65. The molecule has 0 aliphatic heterocycles. The number of carbonyl (C=O) groups is 9. The van der Waals surface area contributed by atoms with Crippen molar-refractivity contribution >= 4 is 70.2 Å². The van der Waals surface area contributed by atoms with Crippen LogP contribution in [-0.2, 0) is 56.0 Å². The van der Waals surface area contributed by atoms with Crippen molar-refractivity contribution in [1.29, 1.82) is 5.41 Å². The fraction of sp³-hybridized carbons (Fsp3) is 0.400. The van der Waals surface area contributed by atoms with E-state index >= 15 is 0 Å². The lowest BCUT2D eigenvalue weighted by molar-refractivity contribution is -0.143. The van der Waals surface area contributed by atoms with Gasteiger partial charge in [-0.25, -0.2) is 4.79 Å². The molecule has 0 aliphatic carbocycles. The van der Waals surface area contributed by atoms with Gasteiger partial charge in [-0.05, 0) is 49.1 Å². The number of H-pyrrole nitrogens is 1. The number of phenolic OH excluding ortho intramolecular Hbond substituents is 1. The van der Waals surface area contributed by atoms with Crippen LogP contribution in [0.1, 0.15) is 43.7 Å². The van der Waals surface area contributed by atoms with Crippen LogP contribution in [0.25, 0.3) is 10.9 Å². The Hall–Kier alpha value is -7.80. The zero-order valence-electron chi connectivity index (χ0n) is 35.1. The fourth-order valence-electron chi connectivity index (χ4n) is 6.25. The summed E-state index contributed by atoms with van der Waals surface area (Å²) in [7, 11) is 0. The Morgan fingerprint density at radius 3 is 1.74 bits per heavy atom. The van der Waals surface area contributed by atoms with Crippen molar-refractivity contribution in [2.45, 2.75) is 87.7 Å². The highest BCUT2D eigenvalue weighted by atomic mass is 16.4. The Bertz CT molecular complexity index is 2220. The van der Waals surface area contributed by atoms with Crippen molar-refractivity contribution in [2.75, 3.05) is 13.2 Å². The number of phenols is 1. The number of carboxylic acids is 2. The maximum Gasteiger partial charge on any atom is 0.326 e. The number of aromatic hydroxyl groups is 1. The number of carboxylic acid groups (broad SMARTS) is 2. The van der Waals surface area contributed by atoms with Gasteiger partial charge in [0.1, 0.15) is 42.0 Å². The number of aliphatic carboxylic acids is 2. The van der Waals surface area contributed by atoms with Crippen molar-refractivity contribution in [3.63, 3.8) is 0 Å². The van der Waals surface area contributed by atoms with E-state index in [2.05, 4.69) is 42.2 Å². The van der Waals surface area contributed by atoms with Crippen LogP contribution in [0.15, 0.2) is 54.7 Å². The number of nitrogens with two attached hydrogens (primary N) is 3. The quantitative estimate of drug-likeness (QED) is 0.0205. The van der Waals surface area contributed by atoms with E-state index in [1.807, 2.05) is 0 Å². The maximum atomic E-state index is 14.1. The van der Waals surface area contributed by atoms with Gasteiger partial charge in [-0.2, -0.15) is 0 Å². The number of aromatic amines is 1. The zero-order chi connectivity index (χ0) is 48.4. The van der Waals surface area contributed by atoms with Crippen LogP contribution in [0.4, 0.5) is 0 Å². The van der Waals surface area contributed by atoms with Crippen LogP contribution in [0.3, 0.4) is 0 Å². The minimum atomic E-state index is -2.00. The summed E-state index contributed by atoms with van der Waals surface area (Å²) in [4.78, 5) is 120. The van der Waals surface area contributed by atoms with Gasteiger partial charge in [-0.3, -0.25) is 43.8 Å². The smallest absolute Gasteiger partial charge is 0.326 e. The largest absolute Gasteiger partial charge is 0.508 e. The lowest BCUT2D eigenvalue weighted by atomic mass is 10.0. The molecule has 2 aromatic carbocycles. The van der Waals surface area contributed by atoms with Crippen LogP contribution in [0.2, 0.25) is 0 Å². The van der Waals surface area contributed by atoms with Crippen LogP contribution in [-0.4, -0.2) is 140 Å². The molecule has 3 rings (SSSR count). The standard InChI is InChI=1S/C40H54N12O13/c1-19(41)33(58)48-26(13-20-8-10-22(54)11-9-20)34(59)52-30(18-53)38(63)49-27(14-21-17-46-24-6-3-2-5-23(21)24)35(60)51-29(16-32(56)57)37(62)50-28(15-31(42)55)36(61)47-25(39(64)65)7-4-12-45-40(43)44/h2-3,5-6,8-11,17,19,25-30,46,53-54H,4,7,12-16,18,41H2,1H3,(H2,42,55)(H,47,61)(H,48,58)(H,49,63)(H,50,62)(H,51,60)(H,52,59)(H,56,57)(H,64,65)(H4,43,44,45)/t19-,25-,26-,27-,28-,29-,30-/m0/s1. The first-order chi connectivity index (χ1) is 30.7. The van der Waals surface area contributed by atoms with Gasteiger partial charge in [-0.15, -0.1) is 0 Å². The molecule has 0 unspecified atom stereocenters. The normalized spacial score (nSPS) is 14.1. The highest BCUT2D eigenvalue weighted by Gasteiger charge is 2.35. The van der Waals surface area contributed by atoms with Gasteiger partial charge in [0.25, 0.3) is 0 Å². The highest BCUT2D eigenvalue weighted by molar-refractivity contribution is 5.99. The second-order valence-electron chi connectivity index (χ2n) is 14.9. The molecule has 1 aromatic heterocycles. The monoisotopic (exact) mass is 910 g/mol. The third-order valence-corrected chi connectivity index (χ3v) is 9.62. The summed E-state index contributed by atoms with van der Waals surface area (Å²) in [5.41, 5.74) is 17.8. The number of rotatable bonds is 26. The molecule has 3 aromatic rings. The third kappa shape index (κ3) is 16.8. The molecule has 1 heterocycles. The fourth-order valence-corrected chi connectivity index (χ4v) is 6.25. The first-order valence-corrected chi connectivity index (χ1v) is 20.0. The maximum absolute atomic E-state index is 14.1. The van der Waals surface area contributed by atoms with Gasteiger partial charge in [0.05, 0.1) is 25.5 Å². The predicted octanol–water partition coefficient (Wildman–Crippen LogP) is -4.40. The van der Waals surface area contributed by atoms with Gasteiger partial charge in [0, 0.05) is 36.5 Å². The summed E-state index contributed by atoms with van der Waals surface area (Å²) in [6.45, 7) is 0.408. The molecule has 25 heteroatoms. The Labute approximate surface area is 370 Å². The number of amides is 7. The van der Waals surface area contributed by atoms with Crippen molar-refractivity contribution in [3.05, 3.63) is 65.9 Å². The molecule has 0 aliphatic rings. The third-order valence-electron chi connectivity index (χ3n) is 9.62. The van der Waals surface area contributed by atoms with Crippen molar-refractivity contribution in [3.8, 4) is 5.75 Å². The number of aliphatic hydroxyl groups excluding tert-OH is 1. The molecule has 7 amide bonds. The van der Waals surface area contributed by atoms with E-state index < -0.39 is 115 Å². The second-order valence-corrected chi connectivity index (χ2v) is 14.9. The molecule has 0 radical (unpaired) electrons. The van der Waals surface area contributed by atoms with Gasteiger partial charge >= 0.3 is 11.9 Å². The molecule has 0 saturated carbocycles. The summed E-state index contributed by atoms with van der Waals surface area (Å²) in [6, 6.07) is 1.25. The van der Waals surface area contributed by atoms with Crippen LogP contribution < -0.4 is 54.4 Å². The van der Waals surface area contributed by atoms with E-state index in [1.165, 1.54) is 37.4 Å². The van der Waals surface area contributed by atoms with E-state index in [4.69, 9.17) is 22.6 Å². The number of guanidine groups is 1. The topological polar surface area (TPSA) is 436 Å². The van der Waals surface area contributed by atoms with Gasteiger partial charge in [0.15, 0.2) is 5.96 Å². The van der Waals surface area contributed by atoms with E-state index in [-0.39, 0.29) is 43.9 Å². The lowest BCUT2D eigenvalue weighted by Crippen LogP contribution is -2.61. The number of hydrogen-bond acceptors (Lipinski definition) is 13. The Balaban J connectivity index is 1.90. The molecular weight excluding hydrogens is 857 g/mol. The molecule has 65 heavy (non-hydrogen) atoms. The number of aliphatic hydroxyl groups is 1. The molecule has 25 nitrogen and oxygen atoms in total. The lowest BCUT2D eigenvalue weighted by Gasteiger charge is -2.26. The number of fused-ring (bicyclic) bond motifs is 1. The van der Waals surface area contributed by atoms with E-state index in [0.29, 0.717) is 22.0 Å². The van der Waals surface area contributed by atoms with Crippen LogP contribution >= 0.6 is 0 Å². The van der Waals surface area contributed by atoms with Gasteiger partial charge in [0.2, 0.25) is 41.4 Å². The molecule has 352 valence electrons. The number of para-hydroxylation sites is 1. The second kappa shape index (κ2) is 24.7.